The minimum atomic E-state index is -0.447. The maximum Gasteiger partial charge on any atom is 0.256 e. The number of rotatable bonds is 1. The first-order valence-electron chi connectivity index (χ1n) is 6.62. The van der Waals surface area contributed by atoms with Gasteiger partial charge in [0, 0.05) is 19.1 Å². The number of amides is 1. The molecule has 0 aliphatic carbocycles. The highest BCUT2D eigenvalue weighted by atomic mass is 35.5. The third kappa shape index (κ3) is 3.30. The molecule has 3 nitrogen and oxygen atoms in total. The first-order valence-corrected chi connectivity index (χ1v) is 6.62. The number of benzene rings is 1. The van der Waals surface area contributed by atoms with Crippen LogP contribution in [0.1, 0.15) is 36.2 Å². The molecule has 112 valence electrons. The van der Waals surface area contributed by atoms with E-state index in [1.54, 1.807) is 24.0 Å². The summed E-state index contributed by atoms with van der Waals surface area (Å²) in [5.74, 6) is -0.685. The molecular formula is C15H22ClFN2O. The molecule has 0 saturated carbocycles. The lowest BCUT2D eigenvalue weighted by atomic mass is 9.79. The first-order chi connectivity index (χ1) is 8.81. The van der Waals surface area contributed by atoms with Gasteiger partial charge in [-0.3, -0.25) is 4.79 Å². The van der Waals surface area contributed by atoms with Crippen LogP contribution >= 0.6 is 12.4 Å². The molecule has 0 bridgehead atoms. The van der Waals surface area contributed by atoms with Crippen molar-refractivity contribution in [1.82, 2.24) is 4.90 Å². The minimum Gasteiger partial charge on any atom is -0.338 e. The van der Waals surface area contributed by atoms with E-state index in [2.05, 4.69) is 0 Å². The minimum absolute atomic E-state index is 0. The number of likely N-dealkylation sites (tertiary alicyclic amines) is 1. The van der Waals surface area contributed by atoms with E-state index in [9.17, 15) is 9.18 Å². The van der Waals surface area contributed by atoms with Gasteiger partial charge in [-0.2, -0.15) is 0 Å². The molecule has 1 aliphatic heterocycles. The molecular weight excluding hydrogens is 279 g/mol. The molecule has 5 heteroatoms. The van der Waals surface area contributed by atoms with Gasteiger partial charge in [-0.15, -0.1) is 12.4 Å². The average molecular weight is 301 g/mol. The van der Waals surface area contributed by atoms with E-state index in [1.165, 1.54) is 6.07 Å². The Hall–Kier alpha value is -1.13. The zero-order valence-corrected chi connectivity index (χ0v) is 13.0. The molecule has 2 rings (SSSR count). The van der Waals surface area contributed by atoms with Crippen LogP contribution in [0.2, 0.25) is 0 Å². The van der Waals surface area contributed by atoms with E-state index in [-0.39, 0.29) is 35.3 Å². The number of hydrogen-bond donors (Lipinski definition) is 1. The Balaban J connectivity index is 0.00000200. The zero-order valence-electron chi connectivity index (χ0n) is 12.1. The summed E-state index contributed by atoms with van der Waals surface area (Å²) in [6, 6.07) is 4.80. The van der Waals surface area contributed by atoms with Crippen LogP contribution in [0.3, 0.4) is 0 Å². The fourth-order valence-electron chi connectivity index (χ4n) is 2.51. The van der Waals surface area contributed by atoms with Gasteiger partial charge in [-0.05, 0) is 36.5 Å². The average Bonchev–Trinajstić information content (AvgIpc) is 2.32. The molecule has 1 unspecified atom stereocenters. The third-order valence-corrected chi connectivity index (χ3v) is 3.95. The van der Waals surface area contributed by atoms with Crippen LogP contribution < -0.4 is 5.73 Å². The summed E-state index contributed by atoms with van der Waals surface area (Å²) in [5.41, 5.74) is 6.89. The highest BCUT2D eigenvalue weighted by molar-refractivity contribution is 5.94. The molecule has 0 aromatic heterocycles. The summed E-state index contributed by atoms with van der Waals surface area (Å²) in [6.45, 7) is 7.06. The summed E-state index contributed by atoms with van der Waals surface area (Å²) in [5, 5.41) is 0. The normalized spacial score (nSPS) is 21.2. The van der Waals surface area contributed by atoms with Gasteiger partial charge in [0.25, 0.3) is 5.91 Å². The monoisotopic (exact) mass is 300 g/mol. The van der Waals surface area contributed by atoms with Crippen LogP contribution in [0, 0.1) is 18.2 Å². The van der Waals surface area contributed by atoms with Crippen molar-refractivity contribution in [3.05, 3.63) is 35.1 Å². The molecule has 1 atom stereocenters. The second-order valence-electron chi connectivity index (χ2n) is 6.09. The van der Waals surface area contributed by atoms with Crippen molar-refractivity contribution in [3.63, 3.8) is 0 Å². The van der Waals surface area contributed by atoms with E-state index in [0.29, 0.717) is 13.1 Å². The van der Waals surface area contributed by atoms with E-state index in [0.717, 1.165) is 12.0 Å². The number of nitrogens with two attached hydrogens (primary N) is 1. The summed E-state index contributed by atoms with van der Waals surface area (Å²) in [4.78, 5) is 14.1. The molecule has 1 fully saturated rings. The molecule has 1 aromatic carbocycles. The van der Waals surface area contributed by atoms with Gasteiger partial charge in [-0.25, -0.2) is 4.39 Å². The van der Waals surface area contributed by atoms with Crippen LogP contribution in [0.25, 0.3) is 0 Å². The van der Waals surface area contributed by atoms with Crippen LogP contribution in [-0.2, 0) is 0 Å². The Bertz CT molecular complexity index is 505. The van der Waals surface area contributed by atoms with E-state index < -0.39 is 5.82 Å². The molecule has 0 radical (unpaired) electrons. The Morgan fingerprint density at radius 2 is 2.10 bits per heavy atom. The fraction of sp³-hybridized carbons (Fsp3) is 0.533. The summed E-state index contributed by atoms with van der Waals surface area (Å²) in [7, 11) is 0. The fourth-order valence-corrected chi connectivity index (χ4v) is 2.51. The van der Waals surface area contributed by atoms with Crippen molar-refractivity contribution < 1.29 is 9.18 Å². The van der Waals surface area contributed by atoms with Gasteiger partial charge in [0.2, 0.25) is 0 Å². The maximum absolute atomic E-state index is 13.9. The van der Waals surface area contributed by atoms with Crippen LogP contribution in [0.15, 0.2) is 18.2 Å². The third-order valence-electron chi connectivity index (χ3n) is 3.95. The number of aryl methyl sites for hydroxylation is 1. The van der Waals surface area contributed by atoms with Crippen molar-refractivity contribution in [2.24, 2.45) is 11.1 Å². The molecule has 2 N–H and O–H groups in total. The lowest BCUT2D eigenvalue weighted by Gasteiger charge is -2.42. The van der Waals surface area contributed by atoms with Gasteiger partial charge in [-0.1, -0.05) is 19.9 Å². The Morgan fingerprint density at radius 1 is 1.45 bits per heavy atom. The van der Waals surface area contributed by atoms with Crippen molar-refractivity contribution in [2.75, 3.05) is 13.1 Å². The van der Waals surface area contributed by atoms with Gasteiger partial charge >= 0.3 is 0 Å². The Morgan fingerprint density at radius 3 is 2.65 bits per heavy atom. The topological polar surface area (TPSA) is 46.3 Å². The lowest BCUT2D eigenvalue weighted by molar-refractivity contribution is 0.0528. The predicted molar refractivity (Wildman–Crippen MR) is 80.7 cm³/mol. The van der Waals surface area contributed by atoms with Crippen molar-refractivity contribution >= 4 is 18.3 Å². The molecule has 1 heterocycles. The summed E-state index contributed by atoms with van der Waals surface area (Å²) in [6.07, 6.45) is 0.756. The van der Waals surface area contributed by atoms with Crippen LogP contribution in [-0.4, -0.2) is 29.9 Å². The standard InChI is InChI=1S/C15H21FN2O.ClH/c1-10-4-5-11(12(16)8-10)14(19)18-7-6-13(17)15(2,3)9-18;/h4-5,8,13H,6-7,9,17H2,1-3H3;1H. The summed E-state index contributed by atoms with van der Waals surface area (Å²) < 4.78 is 13.9. The van der Waals surface area contributed by atoms with E-state index in [4.69, 9.17) is 5.73 Å². The predicted octanol–water partition coefficient (Wildman–Crippen LogP) is 2.76. The second-order valence-corrected chi connectivity index (χ2v) is 6.09. The quantitative estimate of drug-likeness (QED) is 0.867. The number of carbonyl (C=O) groups is 1. The van der Waals surface area contributed by atoms with Crippen molar-refractivity contribution in [2.45, 2.75) is 33.2 Å². The zero-order chi connectivity index (χ0) is 14.2. The number of halogens is 2. The molecule has 1 amide bonds. The molecule has 1 aromatic rings. The van der Waals surface area contributed by atoms with Crippen LogP contribution in [0.4, 0.5) is 4.39 Å². The van der Waals surface area contributed by atoms with Gasteiger partial charge < -0.3 is 10.6 Å². The van der Waals surface area contributed by atoms with Gasteiger partial charge in [0.05, 0.1) is 5.56 Å². The number of piperidine rings is 1. The van der Waals surface area contributed by atoms with Gasteiger partial charge in [0.1, 0.15) is 5.82 Å². The molecule has 0 spiro atoms. The molecule has 1 saturated heterocycles. The number of hydrogen-bond acceptors (Lipinski definition) is 2. The Labute approximate surface area is 125 Å². The second kappa shape index (κ2) is 6.10. The number of nitrogens with zero attached hydrogens (tertiary/aromatic N) is 1. The van der Waals surface area contributed by atoms with Gasteiger partial charge in [0.15, 0.2) is 0 Å². The van der Waals surface area contributed by atoms with Crippen LogP contribution in [0.5, 0.6) is 0 Å². The number of carbonyl (C=O) groups excluding carboxylic acids is 1. The van der Waals surface area contributed by atoms with E-state index >= 15 is 0 Å². The maximum atomic E-state index is 13.9. The molecule has 20 heavy (non-hydrogen) atoms. The lowest BCUT2D eigenvalue weighted by Crippen LogP contribution is -2.54. The SMILES string of the molecule is Cc1ccc(C(=O)N2CCC(N)C(C)(C)C2)c(F)c1.Cl. The summed E-state index contributed by atoms with van der Waals surface area (Å²) >= 11 is 0. The Kier molecular flexibility index (Phi) is 5.16. The van der Waals surface area contributed by atoms with Crippen molar-refractivity contribution in [3.8, 4) is 0 Å². The first kappa shape index (κ1) is 16.9. The highest BCUT2D eigenvalue weighted by Gasteiger charge is 2.36. The highest BCUT2D eigenvalue weighted by Crippen LogP contribution is 2.28. The smallest absolute Gasteiger partial charge is 0.256 e. The largest absolute Gasteiger partial charge is 0.338 e. The molecule has 1 aliphatic rings. The van der Waals surface area contributed by atoms with E-state index in [1.807, 2.05) is 13.8 Å². The van der Waals surface area contributed by atoms with Crippen molar-refractivity contribution in [1.29, 1.82) is 0 Å².